The molecule has 11 nitrogen and oxygen atoms in total. The van der Waals surface area contributed by atoms with E-state index in [9.17, 15) is 24.3 Å². The third-order valence-electron chi connectivity index (χ3n) is 5.28. The van der Waals surface area contributed by atoms with Crippen LogP contribution in [-0.2, 0) is 25.6 Å². The number of fused-ring (bicyclic) bond motifs is 1. The summed E-state index contributed by atoms with van der Waals surface area (Å²) in [6.45, 7) is 4.51. The van der Waals surface area contributed by atoms with E-state index >= 15 is 0 Å². The van der Waals surface area contributed by atoms with Gasteiger partial charge in [0, 0.05) is 17.1 Å². The molecule has 0 saturated heterocycles. The molecule has 0 bridgehead atoms. The van der Waals surface area contributed by atoms with E-state index in [2.05, 4.69) is 20.9 Å². The Morgan fingerprint density at radius 3 is 2.35 bits per heavy atom. The van der Waals surface area contributed by atoms with Crippen LogP contribution < -0.4 is 21.7 Å². The van der Waals surface area contributed by atoms with Crippen molar-refractivity contribution in [2.24, 2.45) is 11.7 Å². The van der Waals surface area contributed by atoms with Crippen molar-refractivity contribution in [1.29, 1.82) is 0 Å². The van der Waals surface area contributed by atoms with E-state index in [0.29, 0.717) is 0 Å². The van der Waals surface area contributed by atoms with Crippen molar-refractivity contribution in [2.75, 3.05) is 6.54 Å². The molecule has 4 unspecified atom stereocenters. The van der Waals surface area contributed by atoms with Crippen molar-refractivity contribution in [3.63, 3.8) is 0 Å². The second kappa shape index (κ2) is 12.1. The van der Waals surface area contributed by atoms with Crippen LogP contribution in [0.5, 0.6) is 0 Å². The number of aromatic nitrogens is 1. The van der Waals surface area contributed by atoms with Gasteiger partial charge in [-0.05, 0) is 37.3 Å². The minimum absolute atomic E-state index is 0.00469. The van der Waals surface area contributed by atoms with Gasteiger partial charge in [0.2, 0.25) is 17.7 Å². The number of aliphatic hydroxyl groups excluding tert-OH is 1. The average molecular weight is 476 g/mol. The lowest BCUT2D eigenvalue weighted by Gasteiger charge is -2.24. The van der Waals surface area contributed by atoms with E-state index in [1.54, 1.807) is 6.20 Å². The standard InChI is InChI=1S/C23H33N5O6/c1-12(2)8-18(22(32)28-20(13(3)29)23(33)34)27-19(30)11-26-21(31)16(24)9-14-10-25-17-7-5-4-6-15(14)17/h4-7,10,12-13,16,18,20,25,29H,8-9,11,24H2,1-3H3,(H,26,31)(H,27,30)(H,28,32)(H,33,34). The second-order valence-electron chi connectivity index (χ2n) is 8.70. The number of para-hydroxylation sites is 1. The number of nitrogens with two attached hydrogens (primary N) is 1. The minimum Gasteiger partial charge on any atom is -0.480 e. The highest BCUT2D eigenvalue weighted by Crippen LogP contribution is 2.18. The molecule has 0 aliphatic heterocycles. The molecule has 0 radical (unpaired) electrons. The maximum absolute atomic E-state index is 12.6. The number of carboxylic acid groups (broad SMARTS) is 1. The Kier molecular flexibility index (Phi) is 9.58. The molecule has 0 spiro atoms. The molecular formula is C23H33N5O6. The van der Waals surface area contributed by atoms with Gasteiger partial charge in [0.1, 0.15) is 6.04 Å². The van der Waals surface area contributed by atoms with Crippen LogP contribution in [0.15, 0.2) is 30.5 Å². The topological polar surface area (TPSA) is 187 Å². The van der Waals surface area contributed by atoms with Crippen LogP contribution in [0.3, 0.4) is 0 Å². The van der Waals surface area contributed by atoms with Gasteiger partial charge >= 0.3 is 5.97 Å². The monoisotopic (exact) mass is 475 g/mol. The lowest BCUT2D eigenvalue weighted by Crippen LogP contribution is -2.56. The first kappa shape index (κ1) is 26.8. The van der Waals surface area contributed by atoms with Gasteiger partial charge in [0.25, 0.3) is 0 Å². The highest BCUT2D eigenvalue weighted by atomic mass is 16.4. The van der Waals surface area contributed by atoms with Gasteiger partial charge in [-0.15, -0.1) is 0 Å². The summed E-state index contributed by atoms with van der Waals surface area (Å²) in [4.78, 5) is 51.7. The summed E-state index contributed by atoms with van der Waals surface area (Å²) in [5.41, 5.74) is 7.82. The molecule has 34 heavy (non-hydrogen) atoms. The molecule has 1 heterocycles. The summed E-state index contributed by atoms with van der Waals surface area (Å²) in [6, 6.07) is 4.19. The highest BCUT2D eigenvalue weighted by Gasteiger charge is 2.30. The van der Waals surface area contributed by atoms with Gasteiger partial charge in [-0.2, -0.15) is 0 Å². The largest absolute Gasteiger partial charge is 0.480 e. The number of rotatable bonds is 12. The summed E-state index contributed by atoms with van der Waals surface area (Å²) in [5, 5.41) is 26.9. The first-order valence-electron chi connectivity index (χ1n) is 11.1. The average Bonchev–Trinajstić information content (AvgIpc) is 3.17. The Balaban J connectivity index is 1.92. The number of H-pyrrole nitrogens is 1. The van der Waals surface area contributed by atoms with Crippen LogP contribution in [0.2, 0.25) is 0 Å². The van der Waals surface area contributed by atoms with Crippen LogP contribution >= 0.6 is 0 Å². The van der Waals surface area contributed by atoms with Crippen LogP contribution in [0.25, 0.3) is 10.9 Å². The molecule has 2 aromatic rings. The zero-order valence-corrected chi connectivity index (χ0v) is 19.5. The molecular weight excluding hydrogens is 442 g/mol. The zero-order valence-electron chi connectivity index (χ0n) is 19.5. The predicted octanol–water partition coefficient (Wildman–Crippen LogP) is -0.365. The van der Waals surface area contributed by atoms with E-state index in [4.69, 9.17) is 10.8 Å². The molecule has 2 rings (SSSR count). The Morgan fingerprint density at radius 2 is 1.74 bits per heavy atom. The number of carbonyl (C=O) groups excluding carboxylic acids is 3. The summed E-state index contributed by atoms with van der Waals surface area (Å²) < 4.78 is 0. The number of aromatic amines is 1. The Labute approximate surface area is 197 Å². The van der Waals surface area contributed by atoms with Crippen molar-refractivity contribution in [1.82, 2.24) is 20.9 Å². The van der Waals surface area contributed by atoms with Crippen LogP contribution in [0, 0.1) is 5.92 Å². The number of hydrogen-bond donors (Lipinski definition) is 7. The van der Waals surface area contributed by atoms with E-state index in [1.165, 1.54) is 6.92 Å². The molecule has 1 aromatic carbocycles. The van der Waals surface area contributed by atoms with Crippen molar-refractivity contribution in [2.45, 2.75) is 57.8 Å². The third-order valence-corrected chi connectivity index (χ3v) is 5.28. The first-order valence-corrected chi connectivity index (χ1v) is 11.1. The van der Waals surface area contributed by atoms with Crippen LogP contribution in [-0.4, -0.2) is 69.7 Å². The lowest BCUT2D eigenvalue weighted by molar-refractivity contribution is -0.145. The number of carboxylic acids is 1. The molecule has 1 aromatic heterocycles. The van der Waals surface area contributed by atoms with Crippen LogP contribution in [0.4, 0.5) is 0 Å². The second-order valence-corrected chi connectivity index (χ2v) is 8.70. The predicted molar refractivity (Wildman–Crippen MR) is 126 cm³/mol. The molecule has 186 valence electrons. The zero-order chi connectivity index (χ0) is 25.4. The number of aliphatic hydroxyl groups is 1. The molecule has 0 aliphatic rings. The van der Waals surface area contributed by atoms with Crippen molar-refractivity contribution in [3.8, 4) is 0 Å². The number of nitrogens with one attached hydrogen (secondary N) is 4. The van der Waals surface area contributed by atoms with Crippen molar-refractivity contribution in [3.05, 3.63) is 36.0 Å². The van der Waals surface area contributed by atoms with E-state index in [0.717, 1.165) is 16.5 Å². The first-order chi connectivity index (χ1) is 16.0. The van der Waals surface area contributed by atoms with Crippen molar-refractivity contribution >= 4 is 34.6 Å². The molecule has 0 saturated carbocycles. The molecule has 0 fully saturated rings. The quantitative estimate of drug-likeness (QED) is 0.218. The van der Waals surface area contributed by atoms with Gasteiger partial charge < -0.3 is 36.9 Å². The molecule has 3 amide bonds. The summed E-state index contributed by atoms with van der Waals surface area (Å²) in [6.07, 6.45) is 0.968. The highest BCUT2D eigenvalue weighted by molar-refractivity contribution is 5.93. The number of hydrogen-bond acceptors (Lipinski definition) is 6. The third kappa shape index (κ3) is 7.56. The number of aliphatic carboxylic acids is 1. The summed E-state index contributed by atoms with van der Waals surface area (Å²) in [5.74, 6) is -3.28. The van der Waals surface area contributed by atoms with Gasteiger partial charge in [-0.3, -0.25) is 14.4 Å². The smallest absolute Gasteiger partial charge is 0.328 e. The molecule has 4 atom stereocenters. The van der Waals surface area contributed by atoms with E-state index in [1.807, 2.05) is 38.1 Å². The molecule has 11 heteroatoms. The van der Waals surface area contributed by atoms with Crippen LogP contribution in [0.1, 0.15) is 32.8 Å². The fourth-order valence-corrected chi connectivity index (χ4v) is 3.52. The van der Waals surface area contributed by atoms with Gasteiger partial charge in [-0.1, -0.05) is 32.0 Å². The SMILES string of the molecule is CC(C)CC(NC(=O)CNC(=O)C(N)Cc1c[nH]c2ccccc12)C(=O)NC(C(=O)O)C(C)O. The summed E-state index contributed by atoms with van der Waals surface area (Å²) in [7, 11) is 0. The lowest BCUT2D eigenvalue weighted by atomic mass is 10.0. The molecule has 0 aliphatic carbocycles. The Bertz CT molecular complexity index is 1020. The maximum Gasteiger partial charge on any atom is 0.328 e. The number of amides is 3. The molecule has 8 N–H and O–H groups in total. The van der Waals surface area contributed by atoms with Gasteiger partial charge in [-0.25, -0.2) is 4.79 Å². The summed E-state index contributed by atoms with van der Waals surface area (Å²) >= 11 is 0. The fourth-order valence-electron chi connectivity index (χ4n) is 3.52. The number of benzene rings is 1. The Morgan fingerprint density at radius 1 is 1.06 bits per heavy atom. The van der Waals surface area contributed by atoms with Crippen molar-refractivity contribution < 1.29 is 29.4 Å². The number of carbonyl (C=O) groups is 4. The van der Waals surface area contributed by atoms with Gasteiger partial charge in [0.15, 0.2) is 6.04 Å². The fraction of sp³-hybridized carbons (Fsp3) is 0.478. The van der Waals surface area contributed by atoms with E-state index < -0.39 is 54.5 Å². The minimum atomic E-state index is -1.51. The van der Waals surface area contributed by atoms with Gasteiger partial charge in [0.05, 0.1) is 18.7 Å². The van der Waals surface area contributed by atoms with E-state index in [-0.39, 0.29) is 18.8 Å². The normalized spacial score (nSPS) is 14.8. The Hall–Kier alpha value is -3.44. The maximum atomic E-state index is 12.6.